The quantitative estimate of drug-likeness (QED) is 0.434. The number of methoxy groups -OCH3 is 1. The van der Waals surface area contributed by atoms with Gasteiger partial charge in [0.05, 0.1) is 17.8 Å². The minimum atomic E-state index is -0.485. The fourth-order valence-electron chi connectivity index (χ4n) is 1.11. The van der Waals surface area contributed by atoms with Gasteiger partial charge in [0.1, 0.15) is 0 Å². The Morgan fingerprint density at radius 2 is 1.88 bits per heavy atom. The van der Waals surface area contributed by atoms with Crippen molar-refractivity contribution in [2.45, 2.75) is 25.9 Å². The molecule has 0 unspecified atom stereocenters. The zero-order valence-electron chi connectivity index (χ0n) is 10.4. The molecule has 17 heavy (non-hydrogen) atoms. The standard InChI is InChI=1S/C13H18O4/c1-13(2,15-3)9-10-16-17-12(14)11-7-5-4-6-8-11/h4-8H,9-10H2,1-3H3. The molecule has 0 aliphatic carbocycles. The van der Waals surface area contributed by atoms with E-state index in [-0.39, 0.29) is 5.60 Å². The van der Waals surface area contributed by atoms with Crippen molar-refractivity contribution in [3.63, 3.8) is 0 Å². The summed E-state index contributed by atoms with van der Waals surface area (Å²) in [5.41, 5.74) is 0.192. The highest BCUT2D eigenvalue weighted by molar-refractivity contribution is 5.88. The summed E-state index contributed by atoms with van der Waals surface area (Å²) in [6, 6.07) is 8.71. The van der Waals surface area contributed by atoms with Crippen molar-refractivity contribution < 1.29 is 19.3 Å². The highest BCUT2D eigenvalue weighted by Crippen LogP contribution is 2.12. The number of hydrogen-bond acceptors (Lipinski definition) is 4. The minimum absolute atomic E-state index is 0.279. The molecule has 0 atom stereocenters. The first-order chi connectivity index (χ1) is 8.05. The van der Waals surface area contributed by atoms with Gasteiger partial charge in [-0.1, -0.05) is 18.2 Å². The largest absolute Gasteiger partial charge is 0.379 e. The summed E-state index contributed by atoms with van der Waals surface area (Å²) in [6.45, 7) is 4.18. The average Bonchev–Trinajstić information content (AvgIpc) is 2.35. The number of carbonyl (C=O) groups is 1. The molecule has 0 bridgehead atoms. The molecular weight excluding hydrogens is 220 g/mol. The van der Waals surface area contributed by atoms with Gasteiger partial charge in [0.15, 0.2) is 0 Å². The second-order valence-corrected chi connectivity index (χ2v) is 4.27. The molecule has 0 amide bonds. The lowest BCUT2D eigenvalue weighted by molar-refractivity contribution is -0.247. The van der Waals surface area contributed by atoms with E-state index in [4.69, 9.17) is 9.62 Å². The monoisotopic (exact) mass is 238 g/mol. The van der Waals surface area contributed by atoms with Crippen molar-refractivity contribution in [1.82, 2.24) is 0 Å². The topological polar surface area (TPSA) is 44.8 Å². The smallest absolute Gasteiger partial charge is 0.373 e. The van der Waals surface area contributed by atoms with Crippen LogP contribution in [0.3, 0.4) is 0 Å². The summed E-state index contributed by atoms with van der Waals surface area (Å²) in [4.78, 5) is 21.0. The molecule has 0 saturated carbocycles. The first-order valence-corrected chi connectivity index (χ1v) is 5.49. The van der Waals surface area contributed by atoms with E-state index >= 15 is 0 Å². The maximum absolute atomic E-state index is 11.5. The number of ether oxygens (including phenoxy) is 1. The molecule has 4 nitrogen and oxygen atoms in total. The number of carbonyl (C=O) groups excluding carboxylic acids is 1. The molecule has 1 aromatic rings. The highest BCUT2D eigenvalue weighted by atomic mass is 17.2. The van der Waals surface area contributed by atoms with E-state index in [2.05, 4.69) is 4.89 Å². The second kappa shape index (κ2) is 6.37. The molecular formula is C13H18O4. The van der Waals surface area contributed by atoms with E-state index in [0.29, 0.717) is 18.6 Å². The van der Waals surface area contributed by atoms with Crippen LogP contribution in [0.4, 0.5) is 0 Å². The van der Waals surface area contributed by atoms with Crippen LogP contribution in [0.5, 0.6) is 0 Å². The lowest BCUT2D eigenvalue weighted by Crippen LogP contribution is -2.24. The van der Waals surface area contributed by atoms with Crippen molar-refractivity contribution in [3.05, 3.63) is 35.9 Å². The molecule has 4 heteroatoms. The summed E-state index contributed by atoms with van der Waals surface area (Å²) >= 11 is 0. The van der Waals surface area contributed by atoms with E-state index < -0.39 is 5.97 Å². The summed E-state index contributed by atoms with van der Waals surface area (Å²) in [6.07, 6.45) is 0.644. The summed E-state index contributed by atoms with van der Waals surface area (Å²) in [5.74, 6) is -0.485. The molecule has 0 aliphatic rings. The maximum atomic E-state index is 11.5. The predicted molar refractivity (Wildman–Crippen MR) is 63.5 cm³/mol. The molecule has 0 aromatic heterocycles. The number of hydrogen-bond donors (Lipinski definition) is 0. The van der Waals surface area contributed by atoms with Crippen LogP contribution in [-0.2, 0) is 14.5 Å². The minimum Gasteiger partial charge on any atom is -0.379 e. The Balaban J connectivity index is 2.26. The average molecular weight is 238 g/mol. The van der Waals surface area contributed by atoms with Gasteiger partial charge in [-0.25, -0.2) is 4.79 Å². The third-order valence-corrected chi connectivity index (χ3v) is 2.48. The second-order valence-electron chi connectivity index (χ2n) is 4.27. The maximum Gasteiger partial charge on any atom is 0.373 e. The fourth-order valence-corrected chi connectivity index (χ4v) is 1.11. The molecule has 0 radical (unpaired) electrons. The van der Waals surface area contributed by atoms with Crippen molar-refractivity contribution in [1.29, 1.82) is 0 Å². The van der Waals surface area contributed by atoms with E-state index in [1.165, 1.54) is 0 Å². The molecule has 94 valence electrons. The van der Waals surface area contributed by atoms with Crippen LogP contribution in [0.2, 0.25) is 0 Å². The van der Waals surface area contributed by atoms with Gasteiger partial charge in [-0.15, -0.1) is 0 Å². The van der Waals surface area contributed by atoms with Gasteiger partial charge in [0.2, 0.25) is 0 Å². The third kappa shape index (κ3) is 4.97. The molecule has 0 N–H and O–H groups in total. The van der Waals surface area contributed by atoms with Crippen LogP contribution in [0.25, 0.3) is 0 Å². The fraction of sp³-hybridized carbons (Fsp3) is 0.462. The van der Waals surface area contributed by atoms with E-state index in [1.54, 1.807) is 31.4 Å². The van der Waals surface area contributed by atoms with Crippen LogP contribution in [0.15, 0.2) is 30.3 Å². The Morgan fingerprint density at radius 1 is 1.24 bits per heavy atom. The first-order valence-electron chi connectivity index (χ1n) is 5.49. The molecule has 0 saturated heterocycles. The van der Waals surface area contributed by atoms with Gasteiger partial charge in [-0.2, -0.15) is 4.89 Å². The van der Waals surface area contributed by atoms with E-state index in [0.717, 1.165) is 0 Å². The molecule has 1 aromatic carbocycles. The van der Waals surface area contributed by atoms with Gasteiger partial charge >= 0.3 is 5.97 Å². The zero-order valence-corrected chi connectivity index (χ0v) is 10.4. The Morgan fingerprint density at radius 3 is 2.47 bits per heavy atom. The third-order valence-electron chi connectivity index (χ3n) is 2.48. The SMILES string of the molecule is COC(C)(C)CCOOC(=O)c1ccccc1. The van der Waals surface area contributed by atoms with E-state index in [1.807, 2.05) is 19.9 Å². The number of rotatable bonds is 6. The molecule has 0 fully saturated rings. The van der Waals surface area contributed by atoms with Gasteiger partial charge in [0, 0.05) is 13.5 Å². The van der Waals surface area contributed by atoms with Crippen molar-refractivity contribution >= 4 is 5.97 Å². The molecule has 0 spiro atoms. The Bertz CT molecular complexity index is 346. The van der Waals surface area contributed by atoms with Crippen molar-refractivity contribution in [2.75, 3.05) is 13.7 Å². The Labute approximate surface area is 101 Å². The van der Waals surface area contributed by atoms with Crippen LogP contribution in [-0.4, -0.2) is 25.3 Å². The van der Waals surface area contributed by atoms with Gasteiger partial charge in [-0.3, -0.25) is 4.89 Å². The normalized spacial score (nSPS) is 11.2. The van der Waals surface area contributed by atoms with Crippen LogP contribution < -0.4 is 0 Å². The first kappa shape index (κ1) is 13.7. The Kier molecular flexibility index (Phi) is 5.12. The lowest BCUT2D eigenvalue weighted by Gasteiger charge is -2.21. The summed E-state index contributed by atoms with van der Waals surface area (Å²) in [7, 11) is 1.63. The van der Waals surface area contributed by atoms with Crippen LogP contribution in [0, 0.1) is 0 Å². The molecule has 0 heterocycles. The highest BCUT2D eigenvalue weighted by Gasteiger charge is 2.16. The van der Waals surface area contributed by atoms with Gasteiger partial charge in [-0.05, 0) is 26.0 Å². The van der Waals surface area contributed by atoms with Crippen molar-refractivity contribution in [3.8, 4) is 0 Å². The Hall–Kier alpha value is -1.39. The van der Waals surface area contributed by atoms with Crippen LogP contribution in [0.1, 0.15) is 30.6 Å². The van der Waals surface area contributed by atoms with Crippen molar-refractivity contribution in [2.24, 2.45) is 0 Å². The summed E-state index contributed by atoms with van der Waals surface area (Å²) in [5, 5.41) is 0. The molecule has 0 aliphatic heterocycles. The van der Waals surface area contributed by atoms with Crippen LogP contribution >= 0.6 is 0 Å². The number of benzene rings is 1. The summed E-state index contributed by atoms with van der Waals surface area (Å²) < 4.78 is 5.21. The van der Waals surface area contributed by atoms with Gasteiger partial charge < -0.3 is 4.74 Å². The lowest BCUT2D eigenvalue weighted by atomic mass is 10.1. The predicted octanol–water partition coefficient (Wildman–Crippen LogP) is 2.59. The van der Waals surface area contributed by atoms with E-state index in [9.17, 15) is 4.79 Å². The van der Waals surface area contributed by atoms with Gasteiger partial charge in [0.25, 0.3) is 0 Å². The molecule has 1 rings (SSSR count). The zero-order chi connectivity index (χ0) is 12.7.